The summed E-state index contributed by atoms with van der Waals surface area (Å²) in [6, 6.07) is 13.6. The summed E-state index contributed by atoms with van der Waals surface area (Å²) in [5, 5.41) is 3.00. The van der Waals surface area contributed by atoms with Crippen molar-refractivity contribution in [2.24, 2.45) is 0 Å². The molecule has 0 saturated carbocycles. The number of carbonyl (C=O) groups is 1. The average molecular weight is 396 g/mol. The molecule has 3 aliphatic rings. The van der Waals surface area contributed by atoms with Crippen LogP contribution in [0.15, 0.2) is 42.5 Å². The second-order valence-electron chi connectivity index (χ2n) is 7.38. The lowest BCUT2D eigenvalue weighted by atomic mass is 10.0. The minimum atomic E-state index is -0.315. The van der Waals surface area contributed by atoms with Crippen LogP contribution >= 0.6 is 0 Å². The summed E-state index contributed by atoms with van der Waals surface area (Å²) in [5.74, 6) is 1.45. The Kier molecular flexibility index (Phi) is 4.97. The van der Waals surface area contributed by atoms with Gasteiger partial charge in [-0.1, -0.05) is 6.07 Å². The molecule has 1 amide bonds. The van der Waals surface area contributed by atoms with Crippen molar-refractivity contribution in [3.63, 3.8) is 0 Å². The normalized spacial score (nSPS) is 23.2. The van der Waals surface area contributed by atoms with Crippen LogP contribution in [0.25, 0.3) is 0 Å². The molecule has 2 fully saturated rings. The molecule has 0 bridgehead atoms. The quantitative estimate of drug-likeness (QED) is 0.727. The zero-order valence-corrected chi connectivity index (χ0v) is 16.0. The molecule has 2 aromatic rings. The van der Waals surface area contributed by atoms with Crippen molar-refractivity contribution in [3.8, 4) is 11.5 Å². The first-order chi connectivity index (χ1) is 14.3. The molecule has 152 valence electrons. The summed E-state index contributed by atoms with van der Waals surface area (Å²) in [5.41, 5.74) is 9.31. The number of amides is 1. The number of ether oxygens (including phenoxy) is 3. The average Bonchev–Trinajstić information content (AvgIpc) is 3.44. The molecule has 3 heterocycles. The number of hydrazine groups is 1. The van der Waals surface area contributed by atoms with Crippen molar-refractivity contribution in [3.05, 3.63) is 48.0 Å². The topological polar surface area (TPSA) is 84.1 Å². The molecule has 8 nitrogen and oxygen atoms in total. The molecule has 0 aliphatic carbocycles. The van der Waals surface area contributed by atoms with E-state index < -0.39 is 0 Å². The second-order valence-corrected chi connectivity index (χ2v) is 7.38. The Morgan fingerprint density at radius 1 is 1.00 bits per heavy atom. The van der Waals surface area contributed by atoms with Crippen LogP contribution in [0.5, 0.6) is 11.5 Å². The second kappa shape index (κ2) is 7.90. The van der Waals surface area contributed by atoms with Crippen LogP contribution < -0.4 is 30.5 Å². The monoisotopic (exact) mass is 396 g/mol. The Hall–Kier alpha value is -2.81. The van der Waals surface area contributed by atoms with Crippen LogP contribution in [0.2, 0.25) is 0 Å². The molecule has 2 saturated heterocycles. The summed E-state index contributed by atoms with van der Waals surface area (Å²) in [6.07, 6.45) is 0.650. The zero-order chi connectivity index (χ0) is 19.6. The fourth-order valence-corrected chi connectivity index (χ4v) is 3.88. The van der Waals surface area contributed by atoms with Gasteiger partial charge in [-0.2, -0.15) is 0 Å². The van der Waals surface area contributed by atoms with Gasteiger partial charge in [-0.15, -0.1) is 0 Å². The van der Waals surface area contributed by atoms with Crippen LogP contribution in [0, 0.1) is 0 Å². The number of nitrogens with one attached hydrogen (secondary N) is 3. The van der Waals surface area contributed by atoms with Crippen LogP contribution in [0.4, 0.5) is 11.4 Å². The third kappa shape index (κ3) is 3.87. The minimum Gasteiger partial charge on any atom is -0.454 e. The van der Waals surface area contributed by atoms with Crippen molar-refractivity contribution in [1.82, 2.24) is 10.9 Å². The van der Waals surface area contributed by atoms with Gasteiger partial charge in [-0.3, -0.25) is 4.79 Å². The van der Waals surface area contributed by atoms with Gasteiger partial charge in [0, 0.05) is 30.5 Å². The third-order valence-corrected chi connectivity index (χ3v) is 5.53. The molecular formula is C21H24N4O4. The predicted octanol–water partition coefficient (Wildman–Crippen LogP) is 1.80. The van der Waals surface area contributed by atoms with E-state index in [1.165, 1.54) is 0 Å². The van der Waals surface area contributed by atoms with Crippen molar-refractivity contribution in [2.75, 3.05) is 43.3 Å². The van der Waals surface area contributed by atoms with Gasteiger partial charge in [0.1, 0.15) is 6.04 Å². The molecule has 8 heteroatoms. The van der Waals surface area contributed by atoms with E-state index in [9.17, 15) is 4.79 Å². The van der Waals surface area contributed by atoms with Crippen LogP contribution in [-0.4, -0.2) is 45.0 Å². The predicted molar refractivity (Wildman–Crippen MR) is 108 cm³/mol. The molecule has 3 aliphatic heterocycles. The van der Waals surface area contributed by atoms with Gasteiger partial charge < -0.3 is 24.4 Å². The van der Waals surface area contributed by atoms with Gasteiger partial charge in [0.25, 0.3) is 0 Å². The minimum absolute atomic E-state index is 0.0314. The van der Waals surface area contributed by atoms with E-state index in [-0.39, 0.29) is 24.8 Å². The Labute approximate surface area is 169 Å². The zero-order valence-electron chi connectivity index (χ0n) is 16.0. The highest BCUT2D eigenvalue weighted by Crippen LogP contribution is 2.35. The van der Waals surface area contributed by atoms with E-state index >= 15 is 0 Å². The molecule has 0 aromatic heterocycles. The highest BCUT2D eigenvalue weighted by atomic mass is 16.7. The number of rotatable bonds is 4. The highest BCUT2D eigenvalue weighted by molar-refractivity contribution is 5.95. The maximum atomic E-state index is 12.7. The standard InChI is InChI=1S/C21H24N4O4/c26-21(22-15-2-4-16(5-3-15)25-7-9-27-10-8-25)18-12-17(23-24-18)14-1-6-19-20(11-14)29-13-28-19/h1-6,11,17-18,23-24H,7-10,12-13H2,(H,22,26). The van der Waals surface area contributed by atoms with Crippen LogP contribution in [0.3, 0.4) is 0 Å². The lowest BCUT2D eigenvalue weighted by molar-refractivity contribution is -0.117. The van der Waals surface area contributed by atoms with Crippen LogP contribution in [0.1, 0.15) is 18.0 Å². The van der Waals surface area contributed by atoms with E-state index in [1.807, 2.05) is 42.5 Å². The Morgan fingerprint density at radius 3 is 2.62 bits per heavy atom. The van der Waals surface area contributed by atoms with Crippen molar-refractivity contribution < 1.29 is 19.0 Å². The molecule has 2 atom stereocenters. The lowest BCUT2D eigenvalue weighted by Gasteiger charge is -2.28. The SMILES string of the molecule is O=C(Nc1ccc(N2CCOCC2)cc1)C1CC(c2ccc3c(c2)OCO3)NN1. The molecular weight excluding hydrogens is 372 g/mol. The van der Waals surface area contributed by atoms with Crippen molar-refractivity contribution in [2.45, 2.75) is 18.5 Å². The summed E-state index contributed by atoms with van der Waals surface area (Å²) in [6.45, 7) is 3.55. The van der Waals surface area contributed by atoms with Gasteiger partial charge in [-0.05, 0) is 48.4 Å². The van der Waals surface area contributed by atoms with Gasteiger partial charge >= 0.3 is 0 Å². The molecule has 2 unspecified atom stereocenters. The maximum absolute atomic E-state index is 12.7. The van der Waals surface area contributed by atoms with Gasteiger partial charge in [0.05, 0.1) is 13.2 Å². The number of benzene rings is 2. The number of carbonyl (C=O) groups excluding carboxylic acids is 1. The first-order valence-corrected chi connectivity index (χ1v) is 9.90. The molecule has 2 aromatic carbocycles. The first kappa shape index (κ1) is 18.2. The summed E-state index contributed by atoms with van der Waals surface area (Å²) in [4.78, 5) is 15.0. The molecule has 0 spiro atoms. The first-order valence-electron chi connectivity index (χ1n) is 9.90. The van der Waals surface area contributed by atoms with Gasteiger partial charge in [0.2, 0.25) is 12.7 Å². The third-order valence-electron chi connectivity index (χ3n) is 5.53. The number of hydrogen-bond donors (Lipinski definition) is 3. The number of fused-ring (bicyclic) bond motifs is 1. The summed E-state index contributed by atoms with van der Waals surface area (Å²) in [7, 11) is 0. The van der Waals surface area contributed by atoms with Crippen LogP contribution in [-0.2, 0) is 9.53 Å². The Bertz CT molecular complexity index is 883. The number of nitrogens with zero attached hydrogens (tertiary/aromatic N) is 1. The Morgan fingerprint density at radius 2 is 1.79 bits per heavy atom. The van der Waals surface area contributed by atoms with Gasteiger partial charge in [0.15, 0.2) is 11.5 Å². The number of morpholine rings is 1. The molecule has 29 heavy (non-hydrogen) atoms. The van der Waals surface area contributed by atoms with Crippen molar-refractivity contribution >= 4 is 17.3 Å². The lowest BCUT2D eigenvalue weighted by Crippen LogP contribution is -2.39. The van der Waals surface area contributed by atoms with E-state index in [4.69, 9.17) is 14.2 Å². The summed E-state index contributed by atoms with van der Waals surface area (Å²) >= 11 is 0. The van der Waals surface area contributed by atoms with E-state index in [0.717, 1.165) is 54.7 Å². The summed E-state index contributed by atoms with van der Waals surface area (Å²) < 4.78 is 16.2. The molecule has 3 N–H and O–H groups in total. The largest absolute Gasteiger partial charge is 0.454 e. The highest BCUT2D eigenvalue weighted by Gasteiger charge is 2.31. The van der Waals surface area contributed by atoms with E-state index in [1.54, 1.807) is 0 Å². The van der Waals surface area contributed by atoms with E-state index in [0.29, 0.717) is 6.42 Å². The molecule has 0 radical (unpaired) electrons. The smallest absolute Gasteiger partial charge is 0.242 e. The van der Waals surface area contributed by atoms with Gasteiger partial charge in [-0.25, -0.2) is 10.9 Å². The number of anilines is 2. The van der Waals surface area contributed by atoms with Crippen molar-refractivity contribution in [1.29, 1.82) is 0 Å². The Balaban J connectivity index is 1.18. The van der Waals surface area contributed by atoms with E-state index in [2.05, 4.69) is 21.1 Å². The number of hydrogen-bond acceptors (Lipinski definition) is 7. The fourth-order valence-electron chi connectivity index (χ4n) is 3.88. The maximum Gasteiger partial charge on any atom is 0.242 e. The fraction of sp³-hybridized carbons (Fsp3) is 0.381. The molecule has 5 rings (SSSR count).